The molecule has 154 valence electrons. The van der Waals surface area contributed by atoms with Crippen molar-refractivity contribution in [3.05, 3.63) is 95.3 Å². The van der Waals surface area contributed by atoms with Gasteiger partial charge in [-0.15, -0.1) is 0 Å². The molecule has 2 heterocycles. The van der Waals surface area contributed by atoms with Gasteiger partial charge in [0.25, 0.3) is 17.2 Å². The average molecular weight is 409 g/mol. The summed E-state index contributed by atoms with van der Waals surface area (Å²) in [5.74, 6) is -0.785. The van der Waals surface area contributed by atoms with Crippen LogP contribution in [0.15, 0.2) is 46.0 Å². The lowest BCUT2D eigenvalue weighted by Gasteiger charge is -2.12. The summed E-state index contributed by atoms with van der Waals surface area (Å²) in [4.78, 5) is 50.5. The molecule has 1 aromatic carbocycles. The number of benzene rings is 1. The summed E-state index contributed by atoms with van der Waals surface area (Å²) in [7, 11) is 0. The highest BCUT2D eigenvalue weighted by Gasteiger charge is 2.20. The first-order valence-electron chi connectivity index (χ1n) is 9.01. The Labute approximate surface area is 170 Å². The highest BCUT2D eigenvalue weighted by Crippen LogP contribution is 2.22. The van der Waals surface area contributed by atoms with Crippen LogP contribution in [0.3, 0.4) is 0 Å². The van der Waals surface area contributed by atoms with Gasteiger partial charge in [-0.25, -0.2) is 4.68 Å². The lowest BCUT2D eigenvalue weighted by atomic mass is 10.1. The number of hydrogen-bond acceptors (Lipinski definition) is 6. The van der Waals surface area contributed by atoms with Crippen LogP contribution in [0, 0.1) is 30.9 Å². The third-order valence-corrected chi connectivity index (χ3v) is 4.55. The van der Waals surface area contributed by atoms with Crippen LogP contribution in [0.1, 0.15) is 33.0 Å². The second-order valence-electron chi connectivity index (χ2n) is 6.78. The third-order valence-electron chi connectivity index (χ3n) is 4.55. The normalized spacial score (nSPS) is 10.6. The van der Waals surface area contributed by atoms with E-state index >= 15 is 0 Å². The Balaban J connectivity index is 1.97. The minimum Gasteiger partial charge on any atom is -0.346 e. The molecule has 3 aromatic rings. The number of carbonyl (C=O) groups is 1. The van der Waals surface area contributed by atoms with E-state index < -0.39 is 22.0 Å². The first-order chi connectivity index (χ1) is 14.2. The number of rotatable bonds is 5. The zero-order valence-electron chi connectivity index (χ0n) is 16.6. The van der Waals surface area contributed by atoms with Gasteiger partial charge >= 0.3 is 0 Å². The van der Waals surface area contributed by atoms with Crippen molar-refractivity contribution in [3.8, 4) is 5.69 Å². The van der Waals surface area contributed by atoms with E-state index in [1.54, 1.807) is 32.9 Å². The van der Waals surface area contributed by atoms with Crippen molar-refractivity contribution in [1.82, 2.24) is 20.1 Å². The van der Waals surface area contributed by atoms with Gasteiger partial charge in [-0.3, -0.25) is 24.5 Å². The Bertz CT molecular complexity index is 1280. The number of nitro groups is 1. The number of pyridine rings is 1. The number of aryl methyl sites for hydroxylation is 3. The van der Waals surface area contributed by atoms with Crippen molar-refractivity contribution < 1.29 is 9.72 Å². The summed E-state index contributed by atoms with van der Waals surface area (Å²) in [6.45, 7) is 4.95. The SMILES string of the molecule is Cc1cc(C)c(CNC(=O)c2nn(-c3ccccc3[N+](=O)[O-])c(C)cc2=O)c(=O)[nH]1. The van der Waals surface area contributed by atoms with Gasteiger partial charge in [-0.1, -0.05) is 12.1 Å². The standard InChI is InChI=1S/C20H19N5O5/c1-11-8-12(2)22-19(27)14(11)10-21-20(28)18-17(26)9-13(3)24(23-18)15-6-4-5-7-16(15)25(29)30/h4-9H,10H2,1-3H3,(H,21,28)(H,22,27). The van der Waals surface area contributed by atoms with Crippen molar-refractivity contribution in [2.45, 2.75) is 27.3 Å². The molecule has 10 heteroatoms. The molecule has 0 radical (unpaired) electrons. The van der Waals surface area contributed by atoms with E-state index in [2.05, 4.69) is 15.4 Å². The van der Waals surface area contributed by atoms with Crippen molar-refractivity contribution in [3.63, 3.8) is 0 Å². The molecule has 3 rings (SSSR count). The summed E-state index contributed by atoms with van der Waals surface area (Å²) in [5, 5.41) is 17.9. The van der Waals surface area contributed by atoms with Gasteiger partial charge in [0.1, 0.15) is 5.69 Å². The Morgan fingerprint density at radius 2 is 1.90 bits per heavy atom. The zero-order valence-corrected chi connectivity index (χ0v) is 16.6. The van der Waals surface area contributed by atoms with Crippen molar-refractivity contribution in [2.24, 2.45) is 0 Å². The maximum absolute atomic E-state index is 12.6. The molecule has 0 spiro atoms. The molecule has 0 unspecified atom stereocenters. The first kappa shape index (κ1) is 20.6. The van der Waals surface area contributed by atoms with Gasteiger partial charge in [-0.05, 0) is 38.5 Å². The molecule has 0 aliphatic rings. The number of H-pyrrole nitrogens is 1. The van der Waals surface area contributed by atoms with Crippen LogP contribution >= 0.6 is 0 Å². The van der Waals surface area contributed by atoms with Crippen LogP contribution in [-0.4, -0.2) is 25.6 Å². The van der Waals surface area contributed by atoms with Crippen molar-refractivity contribution in [2.75, 3.05) is 0 Å². The number of aromatic amines is 1. The van der Waals surface area contributed by atoms with Gasteiger partial charge in [0.2, 0.25) is 5.43 Å². The molecule has 0 aliphatic heterocycles. The highest BCUT2D eigenvalue weighted by atomic mass is 16.6. The summed E-state index contributed by atoms with van der Waals surface area (Å²) < 4.78 is 1.18. The second-order valence-corrected chi connectivity index (χ2v) is 6.78. The molecular weight excluding hydrogens is 390 g/mol. The molecule has 0 bridgehead atoms. The fourth-order valence-corrected chi connectivity index (χ4v) is 3.10. The van der Waals surface area contributed by atoms with Crippen LogP contribution in [0.2, 0.25) is 0 Å². The smallest absolute Gasteiger partial charge is 0.294 e. The lowest BCUT2D eigenvalue weighted by molar-refractivity contribution is -0.384. The van der Waals surface area contributed by atoms with E-state index in [1.165, 1.54) is 28.9 Å². The number of aromatic nitrogens is 3. The largest absolute Gasteiger partial charge is 0.346 e. The minimum atomic E-state index is -0.785. The van der Waals surface area contributed by atoms with E-state index in [0.29, 0.717) is 22.5 Å². The van der Waals surface area contributed by atoms with Crippen molar-refractivity contribution >= 4 is 11.6 Å². The molecule has 10 nitrogen and oxygen atoms in total. The fraction of sp³-hybridized carbons (Fsp3) is 0.200. The predicted octanol–water partition coefficient (Wildman–Crippen LogP) is 1.68. The molecule has 1 amide bonds. The number of amides is 1. The number of hydrogen-bond donors (Lipinski definition) is 2. The average Bonchev–Trinajstić information content (AvgIpc) is 2.67. The molecule has 2 aromatic heterocycles. The minimum absolute atomic E-state index is 0.0965. The Hall–Kier alpha value is -4.08. The predicted molar refractivity (Wildman–Crippen MR) is 109 cm³/mol. The monoisotopic (exact) mass is 409 g/mol. The van der Waals surface area contributed by atoms with Gasteiger partial charge < -0.3 is 10.3 Å². The van der Waals surface area contributed by atoms with Crippen molar-refractivity contribution in [1.29, 1.82) is 0 Å². The van der Waals surface area contributed by atoms with Gasteiger partial charge in [0.05, 0.1) is 4.92 Å². The van der Waals surface area contributed by atoms with Crippen LogP contribution in [0.4, 0.5) is 5.69 Å². The molecular formula is C20H19N5O5. The highest BCUT2D eigenvalue weighted by molar-refractivity contribution is 5.92. The Morgan fingerprint density at radius 3 is 2.57 bits per heavy atom. The van der Waals surface area contributed by atoms with Gasteiger partial charge in [0.15, 0.2) is 5.69 Å². The van der Waals surface area contributed by atoms with Gasteiger partial charge in [0, 0.05) is 35.6 Å². The van der Waals surface area contributed by atoms with Crippen LogP contribution in [-0.2, 0) is 6.54 Å². The molecule has 2 N–H and O–H groups in total. The molecule has 30 heavy (non-hydrogen) atoms. The second kappa shape index (κ2) is 8.11. The molecule has 0 saturated carbocycles. The number of para-hydroxylation sites is 2. The number of nitrogens with one attached hydrogen (secondary N) is 2. The summed E-state index contributed by atoms with van der Waals surface area (Å²) in [5.41, 5.74) is 0.601. The number of nitrogens with zero attached hydrogens (tertiary/aromatic N) is 3. The van der Waals surface area contributed by atoms with Crippen LogP contribution in [0.5, 0.6) is 0 Å². The van der Waals surface area contributed by atoms with Crippen LogP contribution in [0.25, 0.3) is 5.69 Å². The lowest BCUT2D eigenvalue weighted by Crippen LogP contribution is -2.33. The maximum Gasteiger partial charge on any atom is 0.294 e. The van der Waals surface area contributed by atoms with Crippen LogP contribution < -0.4 is 16.3 Å². The quantitative estimate of drug-likeness (QED) is 0.485. The fourth-order valence-electron chi connectivity index (χ4n) is 3.10. The zero-order chi connectivity index (χ0) is 22.0. The van der Waals surface area contributed by atoms with E-state index in [-0.39, 0.29) is 23.5 Å². The summed E-state index contributed by atoms with van der Waals surface area (Å²) in [6.07, 6.45) is 0. The number of nitro benzene ring substituents is 1. The van der Waals surface area contributed by atoms with E-state index in [1.807, 2.05) is 0 Å². The van der Waals surface area contributed by atoms with E-state index in [9.17, 15) is 24.5 Å². The molecule has 0 fully saturated rings. The molecule has 0 atom stereocenters. The molecule has 0 aliphatic carbocycles. The summed E-state index contributed by atoms with van der Waals surface area (Å²) >= 11 is 0. The van der Waals surface area contributed by atoms with E-state index in [4.69, 9.17) is 0 Å². The summed E-state index contributed by atoms with van der Waals surface area (Å²) in [6, 6.07) is 8.83. The Kier molecular flexibility index (Phi) is 5.58. The maximum atomic E-state index is 12.6. The molecule has 0 saturated heterocycles. The first-order valence-corrected chi connectivity index (χ1v) is 9.01. The van der Waals surface area contributed by atoms with E-state index in [0.717, 1.165) is 0 Å². The third kappa shape index (κ3) is 4.02. The van der Waals surface area contributed by atoms with Gasteiger partial charge in [-0.2, -0.15) is 5.10 Å². The number of carbonyl (C=O) groups excluding carboxylic acids is 1. The topological polar surface area (TPSA) is 140 Å². The Morgan fingerprint density at radius 1 is 1.20 bits per heavy atom.